The monoisotopic (exact) mass is 240 g/mol. The zero-order chi connectivity index (χ0) is 11.8. The van der Waals surface area contributed by atoms with Crippen molar-refractivity contribution in [1.29, 1.82) is 0 Å². The van der Waals surface area contributed by atoms with Crippen LogP contribution in [-0.2, 0) is 15.6 Å². The van der Waals surface area contributed by atoms with E-state index in [9.17, 15) is 8.42 Å². The Labute approximate surface area is 95.9 Å². The number of para-hydroxylation sites is 1. The number of nitrogens with one attached hydrogen (secondary N) is 1. The van der Waals surface area contributed by atoms with Crippen LogP contribution in [0.25, 0.3) is 0 Å². The van der Waals surface area contributed by atoms with Crippen molar-refractivity contribution in [2.24, 2.45) is 5.73 Å². The lowest BCUT2D eigenvalue weighted by Gasteiger charge is -2.39. The Bertz CT molecular complexity index is 492. The van der Waals surface area contributed by atoms with Crippen LogP contribution in [0.3, 0.4) is 0 Å². The van der Waals surface area contributed by atoms with Gasteiger partial charge < -0.3 is 5.73 Å². The summed E-state index contributed by atoms with van der Waals surface area (Å²) in [6.07, 6.45) is 4.07. The molecule has 1 aromatic rings. The minimum Gasteiger partial charge on any atom is -0.321 e. The Balaban J connectivity index is 2.38. The highest BCUT2D eigenvalue weighted by Gasteiger charge is 2.36. The third-order valence-electron chi connectivity index (χ3n) is 3.00. The first-order valence-electron chi connectivity index (χ1n) is 5.27. The van der Waals surface area contributed by atoms with Crippen LogP contribution >= 0.6 is 0 Å². The SMILES string of the molecule is CS(=O)(=O)Nc1ccccc1C1(N)CCC1. The van der Waals surface area contributed by atoms with Gasteiger partial charge in [-0.25, -0.2) is 8.42 Å². The molecular weight excluding hydrogens is 224 g/mol. The predicted octanol–water partition coefficient (Wildman–Crippen LogP) is 1.40. The van der Waals surface area contributed by atoms with E-state index in [-0.39, 0.29) is 5.54 Å². The second kappa shape index (κ2) is 3.75. The van der Waals surface area contributed by atoms with E-state index < -0.39 is 10.0 Å². The van der Waals surface area contributed by atoms with E-state index in [2.05, 4.69) is 4.72 Å². The lowest BCUT2D eigenvalue weighted by molar-refractivity contribution is 0.254. The molecular formula is C11H16N2O2S. The number of nitrogens with two attached hydrogens (primary N) is 1. The van der Waals surface area contributed by atoms with E-state index >= 15 is 0 Å². The first kappa shape index (κ1) is 11.4. The quantitative estimate of drug-likeness (QED) is 0.838. The number of anilines is 1. The van der Waals surface area contributed by atoms with Crippen molar-refractivity contribution in [2.75, 3.05) is 11.0 Å². The molecule has 1 aliphatic carbocycles. The Hall–Kier alpha value is -1.07. The van der Waals surface area contributed by atoms with Gasteiger partial charge in [-0.05, 0) is 30.9 Å². The Morgan fingerprint density at radius 3 is 2.44 bits per heavy atom. The highest BCUT2D eigenvalue weighted by molar-refractivity contribution is 7.92. The second-order valence-electron chi connectivity index (χ2n) is 4.43. The molecule has 1 aromatic carbocycles. The zero-order valence-corrected chi connectivity index (χ0v) is 10.0. The van der Waals surface area contributed by atoms with Gasteiger partial charge in [-0.2, -0.15) is 0 Å². The van der Waals surface area contributed by atoms with Crippen molar-refractivity contribution in [3.05, 3.63) is 29.8 Å². The Kier molecular flexibility index (Phi) is 2.67. The van der Waals surface area contributed by atoms with Crippen LogP contribution in [0.15, 0.2) is 24.3 Å². The summed E-state index contributed by atoms with van der Waals surface area (Å²) in [5.74, 6) is 0. The lowest BCUT2D eigenvalue weighted by Crippen LogP contribution is -2.43. The summed E-state index contributed by atoms with van der Waals surface area (Å²) in [5.41, 5.74) is 7.36. The molecule has 0 bridgehead atoms. The fourth-order valence-electron chi connectivity index (χ4n) is 2.03. The van der Waals surface area contributed by atoms with Gasteiger partial charge in [0.2, 0.25) is 10.0 Å². The smallest absolute Gasteiger partial charge is 0.229 e. The molecule has 4 nitrogen and oxygen atoms in total. The average Bonchev–Trinajstić information content (AvgIpc) is 2.12. The molecule has 88 valence electrons. The van der Waals surface area contributed by atoms with Crippen molar-refractivity contribution in [2.45, 2.75) is 24.8 Å². The fourth-order valence-corrected chi connectivity index (χ4v) is 2.61. The molecule has 16 heavy (non-hydrogen) atoms. The molecule has 1 saturated carbocycles. The van der Waals surface area contributed by atoms with Gasteiger partial charge in [0.25, 0.3) is 0 Å². The van der Waals surface area contributed by atoms with E-state index in [1.165, 1.54) is 0 Å². The van der Waals surface area contributed by atoms with E-state index in [0.29, 0.717) is 5.69 Å². The summed E-state index contributed by atoms with van der Waals surface area (Å²) in [4.78, 5) is 0. The molecule has 0 aliphatic heterocycles. The summed E-state index contributed by atoms with van der Waals surface area (Å²) in [6, 6.07) is 7.34. The second-order valence-corrected chi connectivity index (χ2v) is 6.18. The molecule has 1 fully saturated rings. The molecule has 0 spiro atoms. The summed E-state index contributed by atoms with van der Waals surface area (Å²) >= 11 is 0. The molecule has 0 atom stereocenters. The van der Waals surface area contributed by atoms with Gasteiger partial charge in [-0.3, -0.25) is 4.72 Å². The first-order chi connectivity index (χ1) is 7.41. The van der Waals surface area contributed by atoms with Crippen molar-refractivity contribution in [1.82, 2.24) is 0 Å². The van der Waals surface area contributed by atoms with Crippen LogP contribution < -0.4 is 10.5 Å². The largest absolute Gasteiger partial charge is 0.321 e. The number of hydrogen-bond donors (Lipinski definition) is 2. The minimum absolute atomic E-state index is 0.353. The molecule has 0 heterocycles. The Morgan fingerprint density at radius 1 is 1.31 bits per heavy atom. The normalized spacial score (nSPS) is 18.9. The molecule has 0 unspecified atom stereocenters. The predicted molar refractivity (Wildman–Crippen MR) is 64.6 cm³/mol. The Morgan fingerprint density at radius 2 is 1.94 bits per heavy atom. The van der Waals surface area contributed by atoms with Crippen molar-refractivity contribution in [3.63, 3.8) is 0 Å². The number of rotatable bonds is 3. The maximum atomic E-state index is 11.2. The van der Waals surface area contributed by atoms with E-state index in [1.807, 2.05) is 12.1 Å². The standard InChI is InChI=1S/C11H16N2O2S/c1-16(14,15)13-10-6-3-2-5-9(10)11(12)7-4-8-11/h2-3,5-6,13H,4,7-8,12H2,1H3. The maximum Gasteiger partial charge on any atom is 0.229 e. The van der Waals surface area contributed by atoms with E-state index in [0.717, 1.165) is 31.1 Å². The zero-order valence-electron chi connectivity index (χ0n) is 9.23. The van der Waals surface area contributed by atoms with Gasteiger partial charge >= 0.3 is 0 Å². The van der Waals surface area contributed by atoms with Crippen LogP contribution in [-0.4, -0.2) is 14.7 Å². The summed E-state index contributed by atoms with van der Waals surface area (Å²) in [6.45, 7) is 0. The molecule has 2 rings (SSSR count). The van der Waals surface area contributed by atoms with Crippen LogP contribution in [0.2, 0.25) is 0 Å². The van der Waals surface area contributed by atoms with Gasteiger partial charge in [0, 0.05) is 5.54 Å². The van der Waals surface area contributed by atoms with Crippen molar-refractivity contribution in [3.8, 4) is 0 Å². The molecule has 0 radical (unpaired) electrons. The average molecular weight is 240 g/mol. The molecule has 1 aliphatic rings. The third kappa shape index (κ3) is 2.20. The van der Waals surface area contributed by atoms with Gasteiger partial charge in [-0.15, -0.1) is 0 Å². The number of sulfonamides is 1. The fraction of sp³-hybridized carbons (Fsp3) is 0.455. The first-order valence-corrected chi connectivity index (χ1v) is 7.16. The topological polar surface area (TPSA) is 72.2 Å². The maximum absolute atomic E-state index is 11.2. The summed E-state index contributed by atoms with van der Waals surface area (Å²) in [7, 11) is -3.25. The van der Waals surface area contributed by atoms with Gasteiger partial charge in [0.05, 0.1) is 11.9 Å². The summed E-state index contributed by atoms with van der Waals surface area (Å²) in [5, 5.41) is 0. The minimum atomic E-state index is -3.25. The molecule has 0 amide bonds. The van der Waals surface area contributed by atoms with Crippen LogP contribution in [0.4, 0.5) is 5.69 Å². The number of hydrogen-bond acceptors (Lipinski definition) is 3. The van der Waals surface area contributed by atoms with E-state index in [4.69, 9.17) is 5.73 Å². The molecule has 0 aromatic heterocycles. The lowest BCUT2D eigenvalue weighted by atomic mass is 9.72. The highest BCUT2D eigenvalue weighted by Crippen LogP contribution is 2.41. The van der Waals surface area contributed by atoms with Gasteiger partial charge in [0.1, 0.15) is 0 Å². The van der Waals surface area contributed by atoms with Gasteiger partial charge in [-0.1, -0.05) is 18.2 Å². The molecule has 3 N–H and O–H groups in total. The van der Waals surface area contributed by atoms with Crippen LogP contribution in [0, 0.1) is 0 Å². The van der Waals surface area contributed by atoms with Crippen LogP contribution in [0.1, 0.15) is 24.8 Å². The number of benzene rings is 1. The van der Waals surface area contributed by atoms with Gasteiger partial charge in [0.15, 0.2) is 0 Å². The highest BCUT2D eigenvalue weighted by atomic mass is 32.2. The van der Waals surface area contributed by atoms with E-state index in [1.54, 1.807) is 12.1 Å². The summed E-state index contributed by atoms with van der Waals surface area (Å²) < 4.78 is 25.0. The third-order valence-corrected chi connectivity index (χ3v) is 3.60. The van der Waals surface area contributed by atoms with Crippen molar-refractivity contribution >= 4 is 15.7 Å². The molecule has 5 heteroatoms. The van der Waals surface area contributed by atoms with Crippen molar-refractivity contribution < 1.29 is 8.42 Å². The van der Waals surface area contributed by atoms with Crippen LogP contribution in [0.5, 0.6) is 0 Å². The molecule has 0 saturated heterocycles.